The van der Waals surface area contributed by atoms with E-state index in [0.717, 1.165) is 36.9 Å². The van der Waals surface area contributed by atoms with E-state index in [1.165, 1.54) is 5.56 Å². The topological polar surface area (TPSA) is 65.7 Å². The maximum atomic E-state index is 12.7. The highest BCUT2D eigenvalue weighted by atomic mass is 16.3. The molecule has 3 atom stereocenters. The predicted octanol–water partition coefficient (Wildman–Crippen LogP) is 3.09. The number of nitrogens with zero attached hydrogens (tertiary/aromatic N) is 1. The molecule has 27 heavy (non-hydrogen) atoms. The van der Waals surface area contributed by atoms with Crippen molar-refractivity contribution in [1.29, 1.82) is 0 Å². The number of fused-ring (bicyclic) bond motifs is 4. The van der Waals surface area contributed by atoms with Crippen molar-refractivity contribution < 1.29 is 14.3 Å². The van der Waals surface area contributed by atoms with Crippen LogP contribution in [-0.2, 0) is 16.6 Å². The van der Waals surface area contributed by atoms with Crippen LogP contribution >= 0.6 is 0 Å². The number of rotatable bonds is 3. The summed E-state index contributed by atoms with van der Waals surface area (Å²) in [4.78, 5) is 15.0. The average molecular weight is 366 g/mol. The van der Waals surface area contributed by atoms with E-state index in [0.29, 0.717) is 0 Å². The van der Waals surface area contributed by atoms with Crippen molar-refractivity contribution in [2.75, 3.05) is 13.6 Å². The fraction of sp³-hybridized carbons (Fsp3) is 0.409. The van der Waals surface area contributed by atoms with E-state index in [2.05, 4.69) is 24.2 Å². The van der Waals surface area contributed by atoms with Crippen LogP contribution in [-0.4, -0.2) is 41.6 Å². The Kier molecular flexibility index (Phi) is 4.56. The van der Waals surface area contributed by atoms with E-state index in [9.17, 15) is 9.90 Å². The molecule has 2 bridgehead atoms. The first-order chi connectivity index (χ1) is 13.0. The Labute approximate surface area is 159 Å². The first-order valence-electron chi connectivity index (χ1n) is 9.51. The zero-order valence-corrected chi connectivity index (χ0v) is 15.8. The van der Waals surface area contributed by atoms with Crippen LogP contribution in [0.15, 0.2) is 47.3 Å². The summed E-state index contributed by atoms with van der Waals surface area (Å²) in [7, 11) is 2.14. The van der Waals surface area contributed by atoms with Crippen LogP contribution < -0.4 is 5.32 Å². The highest BCUT2D eigenvalue weighted by Crippen LogP contribution is 2.45. The number of furan rings is 1. The zero-order chi connectivity index (χ0) is 19.0. The van der Waals surface area contributed by atoms with Crippen molar-refractivity contribution >= 4 is 12.0 Å². The Hall–Kier alpha value is -2.53. The number of likely N-dealkylation sites (N-methyl/N-ethyl adjacent to an activating group) is 1. The molecule has 0 spiro atoms. The number of aromatic hydroxyl groups is 1. The van der Waals surface area contributed by atoms with Crippen LogP contribution in [0.3, 0.4) is 0 Å². The van der Waals surface area contributed by atoms with Crippen molar-refractivity contribution in [3.63, 3.8) is 0 Å². The van der Waals surface area contributed by atoms with Gasteiger partial charge in [0.15, 0.2) is 0 Å². The van der Waals surface area contributed by atoms with Gasteiger partial charge in [0.1, 0.15) is 5.75 Å². The molecule has 1 fully saturated rings. The highest BCUT2D eigenvalue weighted by Gasteiger charge is 2.48. The van der Waals surface area contributed by atoms with Gasteiger partial charge in [-0.15, -0.1) is 0 Å². The first kappa shape index (κ1) is 17.9. The van der Waals surface area contributed by atoms with Gasteiger partial charge < -0.3 is 19.7 Å². The molecule has 1 aromatic heterocycles. The molecular weight excluding hydrogens is 340 g/mol. The van der Waals surface area contributed by atoms with E-state index < -0.39 is 0 Å². The van der Waals surface area contributed by atoms with Gasteiger partial charge in [-0.05, 0) is 68.3 Å². The minimum Gasteiger partial charge on any atom is -0.508 e. The maximum absolute atomic E-state index is 12.7. The van der Waals surface area contributed by atoms with Crippen molar-refractivity contribution in [3.05, 3.63) is 59.6 Å². The maximum Gasteiger partial charge on any atom is 0.244 e. The summed E-state index contributed by atoms with van der Waals surface area (Å²) < 4.78 is 5.04. The Morgan fingerprint density at radius 3 is 3.04 bits per heavy atom. The van der Waals surface area contributed by atoms with Gasteiger partial charge in [0.05, 0.1) is 18.6 Å². The standard InChI is InChI=1S/C22H26N2O3/c1-22-9-3-10-24(2)19(12-16-5-6-17(25)13-18(16)22)21(22)23-20(26)7-4-15-8-11-27-14-15/h4-8,11,13-14,19,21,25H,3,9-10,12H2,1-2H3,(H,23,26)/b7-4+/t19-,21+,22+/m1/s1. The van der Waals surface area contributed by atoms with Gasteiger partial charge >= 0.3 is 0 Å². The molecule has 142 valence electrons. The predicted molar refractivity (Wildman–Crippen MR) is 104 cm³/mol. The second-order valence-corrected chi connectivity index (χ2v) is 7.99. The largest absolute Gasteiger partial charge is 0.508 e. The van der Waals surface area contributed by atoms with Gasteiger partial charge in [0.2, 0.25) is 5.91 Å². The van der Waals surface area contributed by atoms with Crippen LogP contribution in [0.5, 0.6) is 5.75 Å². The van der Waals surface area contributed by atoms with Gasteiger partial charge in [-0.3, -0.25) is 4.79 Å². The Balaban J connectivity index is 1.66. The minimum absolute atomic E-state index is 0.0131. The number of nitrogens with one attached hydrogen (secondary N) is 1. The van der Waals surface area contributed by atoms with Crippen molar-refractivity contribution in [2.45, 2.75) is 43.7 Å². The molecule has 4 rings (SSSR count). The number of phenolic OH excluding ortho intramolecular Hbond substituents is 1. The number of phenols is 1. The molecule has 2 heterocycles. The van der Waals surface area contributed by atoms with Gasteiger partial charge in [-0.25, -0.2) is 0 Å². The van der Waals surface area contributed by atoms with E-state index in [1.807, 2.05) is 18.2 Å². The summed E-state index contributed by atoms with van der Waals surface area (Å²) >= 11 is 0. The van der Waals surface area contributed by atoms with E-state index in [1.54, 1.807) is 30.7 Å². The smallest absolute Gasteiger partial charge is 0.244 e. The SMILES string of the molecule is CN1CCC[C@@]2(C)c3cc(O)ccc3C[C@@H]1[C@@H]2NC(=O)/C=C/c1ccoc1. The molecule has 5 nitrogen and oxygen atoms in total. The summed E-state index contributed by atoms with van der Waals surface area (Å²) in [5.41, 5.74) is 3.09. The third-order valence-electron chi connectivity index (χ3n) is 6.25. The molecular formula is C22H26N2O3. The fourth-order valence-electron chi connectivity index (χ4n) is 4.77. The lowest BCUT2D eigenvalue weighted by molar-refractivity contribution is -0.118. The van der Waals surface area contributed by atoms with Crippen LogP contribution in [0.1, 0.15) is 36.5 Å². The molecule has 0 saturated carbocycles. The third-order valence-corrected chi connectivity index (χ3v) is 6.25. The summed E-state index contributed by atoms with van der Waals surface area (Å²) in [5.74, 6) is 0.187. The van der Waals surface area contributed by atoms with Crippen LogP contribution in [0.4, 0.5) is 0 Å². The van der Waals surface area contributed by atoms with Crippen LogP contribution in [0.2, 0.25) is 0 Å². The monoisotopic (exact) mass is 366 g/mol. The molecule has 2 N–H and O–H groups in total. The average Bonchev–Trinajstić information content (AvgIpc) is 3.14. The second-order valence-electron chi connectivity index (χ2n) is 7.99. The van der Waals surface area contributed by atoms with E-state index >= 15 is 0 Å². The fourth-order valence-corrected chi connectivity index (χ4v) is 4.77. The zero-order valence-electron chi connectivity index (χ0n) is 15.8. The number of likely N-dealkylation sites (tertiary alicyclic amines) is 1. The lowest BCUT2D eigenvalue weighted by atomic mass is 9.64. The van der Waals surface area contributed by atoms with Crippen LogP contribution in [0, 0.1) is 0 Å². The molecule has 1 amide bonds. The number of hydrogen-bond donors (Lipinski definition) is 2. The van der Waals surface area contributed by atoms with Crippen molar-refractivity contribution in [2.24, 2.45) is 0 Å². The second kappa shape index (κ2) is 6.89. The summed E-state index contributed by atoms with van der Waals surface area (Å²) in [6, 6.07) is 7.73. The normalized spacial score (nSPS) is 27.9. The molecule has 2 aromatic rings. The van der Waals surface area contributed by atoms with Crippen molar-refractivity contribution in [1.82, 2.24) is 10.2 Å². The molecule has 5 heteroatoms. The van der Waals surface area contributed by atoms with Gasteiger partial charge in [0.25, 0.3) is 0 Å². The molecule has 1 aliphatic carbocycles. The van der Waals surface area contributed by atoms with E-state index in [4.69, 9.17) is 4.42 Å². The lowest BCUT2D eigenvalue weighted by Crippen LogP contribution is -2.61. The summed E-state index contributed by atoms with van der Waals surface area (Å²) in [5, 5.41) is 13.3. The van der Waals surface area contributed by atoms with Gasteiger partial charge in [-0.2, -0.15) is 0 Å². The Morgan fingerprint density at radius 2 is 2.26 bits per heavy atom. The quantitative estimate of drug-likeness (QED) is 0.820. The molecule has 1 aromatic carbocycles. The van der Waals surface area contributed by atoms with Crippen LogP contribution in [0.25, 0.3) is 6.08 Å². The highest BCUT2D eigenvalue weighted by molar-refractivity contribution is 5.92. The number of benzene rings is 1. The molecule has 1 aliphatic heterocycles. The van der Waals surface area contributed by atoms with Crippen molar-refractivity contribution in [3.8, 4) is 5.75 Å². The molecule has 0 unspecified atom stereocenters. The number of hydrogen-bond acceptors (Lipinski definition) is 4. The summed E-state index contributed by atoms with van der Waals surface area (Å²) in [6.45, 7) is 3.23. The Morgan fingerprint density at radius 1 is 1.41 bits per heavy atom. The molecule has 0 radical (unpaired) electrons. The summed E-state index contributed by atoms with van der Waals surface area (Å²) in [6.07, 6.45) is 9.44. The van der Waals surface area contributed by atoms with Gasteiger partial charge in [0, 0.05) is 23.1 Å². The number of carbonyl (C=O) groups excluding carboxylic acids is 1. The van der Waals surface area contributed by atoms with Gasteiger partial charge in [-0.1, -0.05) is 13.0 Å². The number of carbonyl (C=O) groups is 1. The van der Waals surface area contributed by atoms with E-state index in [-0.39, 0.29) is 29.2 Å². The minimum atomic E-state index is -0.207. The molecule has 1 saturated heterocycles. The Bertz CT molecular complexity index is 858. The number of amides is 1. The molecule has 2 aliphatic rings. The lowest BCUT2D eigenvalue weighted by Gasteiger charge is -2.48. The first-order valence-corrected chi connectivity index (χ1v) is 9.51. The third kappa shape index (κ3) is 3.28.